The summed E-state index contributed by atoms with van der Waals surface area (Å²) in [6.07, 6.45) is -1.72. The number of fused-ring (bicyclic) bond motifs is 1. The molecule has 6 rings (SSSR count). The molecule has 4 aromatic rings. The smallest absolute Gasteiger partial charge is 0.377 e. The first kappa shape index (κ1) is 24.4. The highest BCUT2D eigenvalue weighted by Gasteiger charge is 2.42. The largest absolute Gasteiger partial charge is 0.433 e. The average molecular weight is 532 g/mol. The fraction of sp³-hybridized carbons (Fsp3) is 0.480. The molecule has 196 valence electrons. The fourth-order valence-electron chi connectivity index (χ4n) is 5.39. The Labute approximate surface area is 216 Å². The molecule has 2 aliphatic heterocycles. The Morgan fingerprint density at radius 3 is 2.73 bits per heavy atom. The van der Waals surface area contributed by atoms with Crippen LogP contribution in [-0.4, -0.2) is 63.3 Å². The molecule has 4 aromatic heterocycles. The maximum Gasteiger partial charge on any atom is 0.433 e. The van der Waals surface area contributed by atoms with Gasteiger partial charge in [-0.2, -0.15) is 23.4 Å². The van der Waals surface area contributed by atoms with Crippen molar-refractivity contribution in [1.82, 2.24) is 29.7 Å². The van der Waals surface area contributed by atoms with Crippen LogP contribution in [0.5, 0.6) is 0 Å². The molecule has 2 saturated heterocycles. The Hall–Kier alpha value is -2.96. The van der Waals surface area contributed by atoms with Crippen LogP contribution in [0.4, 0.5) is 19.0 Å². The van der Waals surface area contributed by atoms with E-state index in [2.05, 4.69) is 20.4 Å². The minimum atomic E-state index is -4.59. The number of rotatable bonds is 4. The molecule has 0 amide bonds. The van der Waals surface area contributed by atoms with Crippen molar-refractivity contribution in [3.8, 4) is 21.7 Å². The van der Waals surface area contributed by atoms with Crippen LogP contribution >= 0.6 is 11.3 Å². The van der Waals surface area contributed by atoms with Crippen molar-refractivity contribution < 1.29 is 17.9 Å². The Morgan fingerprint density at radius 2 is 2.03 bits per heavy atom. The molecule has 0 aromatic carbocycles. The molecule has 37 heavy (non-hydrogen) atoms. The quantitative estimate of drug-likeness (QED) is 0.408. The molecule has 2 fully saturated rings. The van der Waals surface area contributed by atoms with Gasteiger partial charge in [-0.3, -0.25) is 4.68 Å². The molecule has 12 heteroatoms. The number of anilines is 1. The number of thiophene rings is 1. The van der Waals surface area contributed by atoms with Gasteiger partial charge in [0, 0.05) is 17.5 Å². The number of hydrogen-bond donors (Lipinski definition) is 1. The molecule has 1 atom stereocenters. The van der Waals surface area contributed by atoms with Crippen LogP contribution in [-0.2, 0) is 10.9 Å². The van der Waals surface area contributed by atoms with Crippen LogP contribution in [0.2, 0.25) is 0 Å². The number of nitrogens with one attached hydrogen (secondary N) is 1. The maximum atomic E-state index is 14.8. The molecule has 0 radical (unpaired) electrons. The van der Waals surface area contributed by atoms with Crippen molar-refractivity contribution in [2.24, 2.45) is 0 Å². The summed E-state index contributed by atoms with van der Waals surface area (Å²) in [5, 5.41) is 14.2. The number of aromatic nitrogens is 5. The summed E-state index contributed by atoms with van der Waals surface area (Å²) in [4.78, 5) is 7.98. The number of ether oxygens (including phenoxy) is 1. The number of piperidine rings is 1. The van der Waals surface area contributed by atoms with E-state index in [1.54, 1.807) is 30.5 Å². The van der Waals surface area contributed by atoms with Gasteiger partial charge in [0.25, 0.3) is 0 Å². The van der Waals surface area contributed by atoms with Crippen LogP contribution < -0.4 is 10.2 Å². The summed E-state index contributed by atoms with van der Waals surface area (Å²) in [7, 11) is 0. The lowest BCUT2D eigenvalue weighted by Crippen LogP contribution is -2.44. The van der Waals surface area contributed by atoms with E-state index < -0.39 is 11.9 Å². The number of hydrogen-bond acceptors (Lipinski definition) is 7. The van der Waals surface area contributed by atoms with E-state index in [-0.39, 0.29) is 17.6 Å². The second-order valence-electron chi connectivity index (χ2n) is 9.62. The van der Waals surface area contributed by atoms with Crippen LogP contribution in [0.15, 0.2) is 29.8 Å². The van der Waals surface area contributed by atoms with E-state index in [1.807, 2.05) is 24.4 Å². The van der Waals surface area contributed by atoms with Crippen LogP contribution in [0.1, 0.15) is 37.2 Å². The highest BCUT2D eigenvalue weighted by Crippen LogP contribution is 2.43. The molecular formula is C25H28F3N7OS. The lowest BCUT2D eigenvalue weighted by molar-refractivity contribution is -0.144. The van der Waals surface area contributed by atoms with Gasteiger partial charge < -0.3 is 15.0 Å². The second-order valence-corrected chi connectivity index (χ2v) is 10.6. The Balaban J connectivity index is 1.61. The molecule has 0 unspecified atom stereocenters. The summed E-state index contributed by atoms with van der Waals surface area (Å²) >= 11 is 1.54. The lowest BCUT2D eigenvalue weighted by Gasteiger charge is -2.34. The van der Waals surface area contributed by atoms with Gasteiger partial charge in [-0.1, -0.05) is 6.07 Å². The molecule has 0 spiro atoms. The topological polar surface area (TPSA) is 72.5 Å². The molecule has 0 bridgehead atoms. The van der Waals surface area contributed by atoms with Crippen molar-refractivity contribution in [3.05, 3.63) is 41.2 Å². The Bertz CT molecular complexity index is 1410. The molecule has 1 N–H and O–H groups in total. The third-order valence-electron chi connectivity index (χ3n) is 7.17. The van der Waals surface area contributed by atoms with Crippen LogP contribution in [0.3, 0.4) is 0 Å². The molecule has 8 nitrogen and oxygen atoms in total. The molecular weight excluding hydrogens is 503 g/mol. The van der Waals surface area contributed by atoms with E-state index in [0.29, 0.717) is 68.5 Å². The van der Waals surface area contributed by atoms with E-state index in [9.17, 15) is 13.2 Å². The zero-order valence-electron chi connectivity index (χ0n) is 20.6. The first-order valence-corrected chi connectivity index (χ1v) is 13.4. The first-order valence-electron chi connectivity index (χ1n) is 12.5. The minimum Gasteiger partial charge on any atom is -0.377 e. The van der Waals surface area contributed by atoms with Crippen molar-refractivity contribution >= 4 is 22.8 Å². The van der Waals surface area contributed by atoms with E-state index in [0.717, 1.165) is 10.4 Å². The highest BCUT2D eigenvalue weighted by atomic mass is 32.1. The van der Waals surface area contributed by atoms with Gasteiger partial charge in [0.05, 0.1) is 54.0 Å². The van der Waals surface area contributed by atoms with Crippen molar-refractivity contribution in [2.45, 2.75) is 44.9 Å². The van der Waals surface area contributed by atoms with E-state index in [1.165, 1.54) is 9.20 Å². The summed E-state index contributed by atoms with van der Waals surface area (Å²) in [6, 6.07) is 5.35. The second kappa shape index (κ2) is 9.41. The summed E-state index contributed by atoms with van der Waals surface area (Å²) in [5.74, 6) is 0.610. The van der Waals surface area contributed by atoms with Crippen molar-refractivity contribution in [1.29, 1.82) is 0 Å². The summed E-state index contributed by atoms with van der Waals surface area (Å²) in [6.45, 7) is 6.67. The number of morpholine rings is 1. The Morgan fingerprint density at radius 1 is 1.22 bits per heavy atom. The van der Waals surface area contributed by atoms with Gasteiger partial charge in [0.15, 0.2) is 11.3 Å². The summed E-state index contributed by atoms with van der Waals surface area (Å²) < 4.78 is 52.6. The van der Waals surface area contributed by atoms with Crippen molar-refractivity contribution in [3.63, 3.8) is 0 Å². The molecule has 0 saturated carbocycles. The van der Waals surface area contributed by atoms with Crippen LogP contribution in [0.25, 0.3) is 27.3 Å². The van der Waals surface area contributed by atoms with Crippen molar-refractivity contribution in [2.75, 3.05) is 37.7 Å². The Kier molecular flexibility index (Phi) is 6.20. The maximum absolute atomic E-state index is 14.8. The van der Waals surface area contributed by atoms with Crippen LogP contribution in [0, 0.1) is 6.92 Å². The minimum absolute atomic E-state index is 0.0327. The van der Waals surface area contributed by atoms with Gasteiger partial charge in [-0.05, 0) is 51.2 Å². The van der Waals surface area contributed by atoms with Gasteiger partial charge in [0.1, 0.15) is 5.82 Å². The fourth-order valence-corrected chi connectivity index (χ4v) is 6.12. The lowest BCUT2D eigenvalue weighted by atomic mass is 10.0. The van der Waals surface area contributed by atoms with Gasteiger partial charge in [-0.15, -0.1) is 11.3 Å². The predicted molar refractivity (Wildman–Crippen MR) is 136 cm³/mol. The SMILES string of the molecule is Cc1nn(C2CCNCC2)c(C(F)(F)F)c1-c1cc(N2CCOC[C@H]2C)nc2c(-c3cccs3)cnn12. The average Bonchev–Trinajstić information content (AvgIpc) is 3.62. The van der Waals surface area contributed by atoms with E-state index >= 15 is 0 Å². The number of alkyl halides is 3. The number of aryl methyl sites for hydroxylation is 1. The highest BCUT2D eigenvalue weighted by molar-refractivity contribution is 7.13. The summed E-state index contributed by atoms with van der Waals surface area (Å²) in [5.41, 5.74) is 1.31. The zero-order valence-corrected chi connectivity index (χ0v) is 21.4. The van der Waals surface area contributed by atoms with Gasteiger partial charge in [-0.25, -0.2) is 9.50 Å². The predicted octanol–water partition coefficient (Wildman–Crippen LogP) is 4.80. The van der Waals surface area contributed by atoms with Gasteiger partial charge in [0.2, 0.25) is 0 Å². The normalized spacial score (nSPS) is 19.7. The molecule has 2 aliphatic rings. The molecule has 0 aliphatic carbocycles. The standard InChI is InChI=1S/C25H28F3N7OS/c1-15-14-36-10-9-33(15)21-12-19(35-24(31-21)18(13-30-35)20-4-3-11-37-20)22-16(2)32-34(23(22)25(26,27)28)17-5-7-29-8-6-17/h3-4,11-13,15,17,29H,5-10,14H2,1-2H3/t15-/m1/s1. The molecule has 6 heterocycles. The third kappa shape index (κ3) is 4.30. The number of halogens is 3. The first-order chi connectivity index (χ1) is 17.8. The third-order valence-corrected chi connectivity index (χ3v) is 8.07. The zero-order chi connectivity index (χ0) is 25.7. The van der Waals surface area contributed by atoms with Gasteiger partial charge >= 0.3 is 6.18 Å². The number of nitrogens with zero attached hydrogens (tertiary/aromatic N) is 6. The van der Waals surface area contributed by atoms with E-state index in [4.69, 9.17) is 9.72 Å². The monoisotopic (exact) mass is 531 g/mol.